The minimum atomic E-state index is -0.252. The number of hydrogen-bond acceptors (Lipinski definition) is 3. The number of aliphatic hydroxyl groups is 1. The third-order valence-electron chi connectivity index (χ3n) is 6.15. The number of carbonyl (C=O) groups is 1. The SMILES string of the molecule is CCC(=O)N1CC[C@H]2[C@@H]1c1cc(-c3ccc(F)cc3)ccc1N(C)[C@H]2CO. The van der Waals surface area contributed by atoms with E-state index >= 15 is 0 Å². The first-order valence-corrected chi connectivity index (χ1v) is 9.58. The molecule has 2 aliphatic rings. The zero-order valence-electron chi connectivity index (χ0n) is 15.7. The van der Waals surface area contributed by atoms with E-state index in [-0.39, 0.29) is 36.3 Å². The van der Waals surface area contributed by atoms with Crippen LogP contribution in [0.4, 0.5) is 10.1 Å². The fourth-order valence-corrected chi connectivity index (χ4v) is 4.76. The summed E-state index contributed by atoms with van der Waals surface area (Å²) in [6.45, 7) is 2.70. The lowest BCUT2D eigenvalue weighted by atomic mass is 9.81. The van der Waals surface area contributed by atoms with Crippen molar-refractivity contribution in [1.29, 1.82) is 0 Å². The lowest BCUT2D eigenvalue weighted by molar-refractivity contribution is -0.132. The van der Waals surface area contributed by atoms with E-state index in [9.17, 15) is 14.3 Å². The maximum Gasteiger partial charge on any atom is 0.222 e. The average Bonchev–Trinajstić information content (AvgIpc) is 3.13. The monoisotopic (exact) mass is 368 g/mol. The van der Waals surface area contributed by atoms with Crippen molar-refractivity contribution in [2.75, 3.05) is 25.1 Å². The smallest absolute Gasteiger partial charge is 0.222 e. The van der Waals surface area contributed by atoms with Crippen molar-refractivity contribution in [3.05, 3.63) is 53.8 Å². The van der Waals surface area contributed by atoms with Gasteiger partial charge in [-0.2, -0.15) is 0 Å². The van der Waals surface area contributed by atoms with Gasteiger partial charge >= 0.3 is 0 Å². The van der Waals surface area contributed by atoms with Gasteiger partial charge in [0.15, 0.2) is 0 Å². The second-order valence-electron chi connectivity index (χ2n) is 7.48. The lowest BCUT2D eigenvalue weighted by Gasteiger charge is -2.44. The van der Waals surface area contributed by atoms with E-state index in [0.717, 1.165) is 35.3 Å². The Balaban J connectivity index is 1.82. The molecule has 2 aliphatic heterocycles. The lowest BCUT2D eigenvalue weighted by Crippen LogP contribution is -2.48. The van der Waals surface area contributed by atoms with E-state index in [0.29, 0.717) is 6.42 Å². The molecule has 0 aromatic heterocycles. The van der Waals surface area contributed by atoms with Gasteiger partial charge in [0, 0.05) is 31.6 Å². The van der Waals surface area contributed by atoms with Crippen LogP contribution in [-0.4, -0.2) is 42.2 Å². The van der Waals surface area contributed by atoms with Crippen LogP contribution in [0.2, 0.25) is 0 Å². The predicted octanol–water partition coefficient (Wildman–Crippen LogP) is 3.60. The molecule has 4 rings (SSSR count). The molecule has 3 atom stereocenters. The van der Waals surface area contributed by atoms with Gasteiger partial charge in [0.1, 0.15) is 5.82 Å². The largest absolute Gasteiger partial charge is 0.394 e. The van der Waals surface area contributed by atoms with Crippen LogP contribution in [0.1, 0.15) is 31.4 Å². The molecular weight excluding hydrogens is 343 g/mol. The molecule has 1 N–H and O–H groups in total. The summed E-state index contributed by atoms with van der Waals surface area (Å²) in [7, 11) is 2.01. The van der Waals surface area contributed by atoms with Gasteiger partial charge in [-0.15, -0.1) is 0 Å². The first kappa shape index (κ1) is 18.0. The average molecular weight is 368 g/mol. The molecule has 2 heterocycles. The number of carbonyl (C=O) groups excluding carboxylic acids is 1. The highest BCUT2D eigenvalue weighted by atomic mass is 19.1. The minimum Gasteiger partial charge on any atom is -0.394 e. The number of likely N-dealkylation sites (N-methyl/N-ethyl adjacent to an activating group) is 1. The summed E-state index contributed by atoms with van der Waals surface area (Å²) >= 11 is 0. The van der Waals surface area contributed by atoms with E-state index in [1.165, 1.54) is 12.1 Å². The molecule has 0 radical (unpaired) electrons. The molecule has 2 aromatic rings. The second kappa shape index (κ2) is 6.97. The van der Waals surface area contributed by atoms with Crippen LogP contribution in [-0.2, 0) is 4.79 Å². The van der Waals surface area contributed by atoms with Crippen LogP contribution in [0.15, 0.2) is 42.5 Å². The van der Waals surface area contributed by atoms with E-state index < -0.39 is 0 Å². The summed E-state index contributed by atoms with van der Waals surface area (Å²) in [6, 6.07) is 12.7. The van der Waals surface area contributed by atoms with Gasteiger partial charge in [-0.05, 0) is 47.4 Å². The molecule has 1 amide bonds. The van der Waals surface area contributed by atoms with Crippen LogP contribution in [0.5, 0.6) is 0 Å². The van der Waals surface area contributed by atoms with Crippen LogP contribution < -0.4 is 4.90 Å². The molecule has 27 heavy (non-hydrogen) atoms. The summed E-state index contributed by atoms with van der Waals surface area (Å²) in [4.78, 5) is 16.7. The molecular formula is C22H25FN2O2. The molecule has 0 aliphatic carbocycles. The first-order chi connectivity index (χ1) is 13.0. The molecule has 1 saturated heterocycles. The molecule has 0 unspecified atom stereocenters. The van der Waals surface area contributed by atoms with Crippen molar-refractivity contribution >= 4 is 11.6 Å². The molecule has 4 nitrogen and oxygen atoms in total. The Morgan fingerprint density at radius 2 is 1.89 bits per heavy atom. The maximum absolute atomic E-state index is 13.3. The van der Waals surface area contributed by atoms with E-state index in [1.807, 2.05) is 24.9 Å². The molecule has 142 valence electrons. The van der Waals surface area contributed by atoms with Gasteiger partial charge < -0.3 is 14.9 Å². The Labute approximate surface area is 159 Å². The zero-order valence-corrected chi connectivity index (χ0v) is 15.7. The molecule has 0 bridgehead atoms. The number of fused-ring (bicyclic) bond motifs is 3. The first-order valence-electron chi connectivity index (χ1n) is 9.58. The number of rotatable bonds is 3. The Hall–Kier alpha value is -2.40. The van der Waals surface area contributed by atoms with Gasteiger partial charge in [0.2, 0.25) is 5.91 Å². The highest BCUT2D eigenvalue weighted by Gasteiger charge is 2.47. The summed E-state index contributed by atoms with van der Waals surface area (Å²) in [6.07, 6.45) is 1.38. The fraction of sp³-hybridized carbons (Fsp3) is 0.409. The Morgan fingerprint density at radius 3 is 2.56 bits per heavy atom. The fourth-order valence-electron chi connectivity index (χ4n) is 4.76. The number of likely N-dealkylation sites (tertiary alicyclic amines) is 1. The normalized spacial score (nSPS) is 23.9. The zero-order chi connectivity index (χ0) is 19.1. The maximum atomic E-state index is 13.3. The van der Waals surface area contributed by atoms with Crippen LogP contribution >= 0.6 is 0 Å². The molecule has 2 aromatic carbocycles. The van der Waals surface area contributed by atoms with Crippen molar-refractivity contribution < 1.29 is 14.3 Å². The Morgan fingerprint density at radius 1 is 1.19 bits per heavy atom. The number of anilines is 1. The van der Waals surface area contributed by atoms with Gasteiger partial charge in [-0.25, -0.2) is 4.39 Å². The van der Waals surface area contributed by atoms with Gasteiger partial charge in [-0.1, -0.05) is 25.1 Å². The predicted molar refractivity (Wildman–Crippen MR) is 104 cm³/mol. The number of aliphatic hydroxyl groups excluding tert-OH is 1. The minimum absolute atomic E-state index is 0.00817. The molecule has 0 spiro atoms. The highest BCUT2D eigenvalue weighted by Crippen LogP contribution is 2.49. The van der Waals surface area contributed by atoms with E-state index in [4.69, 9.17) is 0 Å². The standard InChI is InChI=1S/C22H25FN2O2/c1-3-21(27)25-11-10-17-20(13-26)24(2)19-9-6-15(12-18(19)22(17)25)14-4-7-16(23)8-5-14/h4-9,12,17,20,22,26H,3,10-11,13H2,1-2H3/t17-,20+,22-/m1/s1. The topological polar surface area (TPSA) is 43.8 Å². The highest BCUT2D eigenvalue weighted by molar-refractivity contribution is 5.78. The summed E-state index contributed by atoms with van der Waals surface area (Å²) < 4.78 is 13.3. The van der Waals surface area contributed by atoms with Crippen LogP contribution in [0.25, 0.3) is 11.1 Å². The molecule has 5 heteroatoms. The van der Waals surface area contributed by atoms with Crippen LogP contribution in [0, 0.1) is 11.7 Å². The van der Waals surface area contributed by atoms with Gasteiger partial charge in [-0.3, -0.25) is 4.79 Å². The number of benzene rings is 2. The van der Waals surface area contributed by atoms with E-state index in [1.54, 1.807) is 12.1 Å². The molecule has 1 fully saturated rings. The molecule has 0 saturated carbocycles. The summed E-state index contributed by atoms with van der Waals surface area (Å²) in [5, 5.41) is 9.99. The van der Waals surface area contributed by atoms with Crippen molar-refractivity contribution in [3.63, 3.8) is 0 Å². The third-order valence-corrected chi connectivity index (χ3v) is 6.15. The number of hydrogen-bond donors (Lipinski definition) is 1. The summed E-state index contributed by atoms with van der Waals surface area (Å²) in [5.41, 5.74) is 4.14. The van der Waals surface area contributed by atoms with Crippen molar-refractivity contribution in [1.82, 2.24) is 4.90 Å². The Kier molecular flexibility index (Phi) is 4.64. The second-order valence-corrected chi connectivity index (χ2v) is 7.48. The van der Waals surface area contributed by atoms with Crippen molar-refractivity contribution in [3.8, 4) is 11.1 Å². The van der Waals surface area contributed by atoms with Crippen molar-refractivity contribution in [2.45, 2.75) is 31.8 Å². The Bertz CT molecular complexity index is 852. The van der Waals surface area contributed by atoms with Crippen molar-refractivity contribution in [2.24, 2.45) is 5.92 Å². The number of halogens is 1. The number of amides is 1. The van der Waals surface area contributed by atoms with Gasteiger partial charge in [0.05, 0.1) is 18.7 Å². The number of nitrogens with zero attached hydrogens (tertiary/aromatic N) is 2. The quantitative estimate of drug-likeness (QED) is 0.900. The summed E-state index contributed by atoms with van der Waals surface area (Å²) in [5.74, 6) is 0.117. The van der Waals surface area contributed by atoms with Gasteiger partial charge in [0.25, 0.3) is 0 Å². The van der Waals surface area contributed by atoms with Crippen LogP contribution in [0.3, 0.4) is 0 Å². The third kappa shape index (κ3) is 2.90. The van der Waals surface area contributed by atoms with E-state index in [2.05, 4.69) is 17.0 Å².